The second-order valence-electron chi connectivity index (χ2n) is 10.5. The van der Waals surface area contributed by atoms with Crippen LogP contribution in [0.1, 0.15) is 6.23 Å². The molecule has 24 nitrogen and oxygen atoms in total. The SMILES string of the molecule is O=c1ccn([C@@H]2O[C@H](COP(=O)(O)OP(=O)(O)OC3OC(CO)C(OC4OC(CO)C(O)C(O)C4O)C(O)C3O)[C@@H](O)[C@H]2O)c(=O)[nH]1. The molecule has 3 saturated heterocycles. The average molecular weight is 728 g/mol. The summed E-state index contributed by atoms with van der Waals surface area (Å²) in [5.74, 6) is 0. The van der Waals surface area contributed by atoms with Crippen molar-refractivity contribution in [3.8, 4) is 0 Å². The van der Waals surface area contributed by atoms with Gasteiger partial charge < -0.3 is 74.7 Å². The molecular formula is C21H34N2O22P2. The van der Waals surface area contributed by atoms with E-state index in [9.17, 15) is 74.5 Å². The molecule has 12 N–H and O–H groups in total. The standard InChI is InChI=1S/C21H34N2O22P2/c24-3-6-10(27)12(29)15(32)19(41-6)43-17-7(4-25)42-20(16(33)13(17)30)44-47(37,38)45-46(35,36)39-5-8-11(28)14(31)18(40-8)23-2-1-9(26)22-21(23)34/h1-2,6-8,10-20,24-25,27-33H,3-5H2,(H,35,36)(H,37,38)(H,22,26,34)/t6?,7?,8-,10?,11-,12?,13?,14-,15?,16?,17?,18-,19?,20?/m1/s1. The Kier molecular flexibility index (Phi) is 12.3. The highest BCUT2D eigenvalue weighted by Crippen LogP contribution is 2.61. The molecule has 3 aliphatic rings. The molecule has 0 amide bonds. The van der Waals surface area contributed by atoms with Gasteiger partial charge in [0.05, 0.1) is 19.8 Å². The largest absolute Gasteiger partial charge is 0.483 e. The van der Waals surface area contributed by atoms with E-state index in [4.69, 9.17) is 18.9 Å². The smallest absolute Gasteiger partial charge is 0.394 e. The molecule has 12 unspecified atom stereocenters. The lowest BCUT2D eigenvalue weighted by Gasteiger charge is -2.45. The van der Waals surface area contributed by atoms with Crippen LogP contribution in [0.2, 0.25) is 0 Å². The van der Waals surface area contributed by atoms with Crippen LogP contribution in [0, 0.1) is 0 Å². The Morgan fingerprint density at radius 2 is 1.34 bits per heavy atom. The Labute approximate surface area is 261 Å². The molecule has 0 saturated carbocycles. The number of aromatic nitrogens is 2. The van der Waals surface area contributed by atoms with E-state index in [1.807, 2.05) is 4.98 Å². The molecule has 26 heteroatoms. The first kappa shape index (κ1) is 38.2. The third-order valence-electron chi connectivity index (χ3n) is 7.27. The topological polar surface area (TPSA) is 376 Å². The Hall–Kier alpha value is -1.58. The molecule has 3 aliphatic heterocycles. The van der Waals surface area contributed by atoms with Crippen molar-refractivity contribution < 1.29 is 97.2 Å². The number of ether oxygens (including phenoxy) is 4. The van der Waals surface area contributed by atoms with Crippen molar-refractivity contribution in [1.29, 1.82) is 0 Å². The van der Waals surface area contributed by atoms with E-state index in [1.165, 1.54) is 0 Å². The van der Waals surface area contributed by atoms with Gasteiger partial charge in [0, 0.05) is 12.3 Å². The number of phosphoric ester groups is 2. The number of aliphatic hydroxyl groups is 9. The minimum atomic E-state index is -5.78. The monoisotopic (exact) mass is 728 g/mol. The van der Waals surface area contributed by atoms with Crippen LogP contribution in [0.25, 0.3) is 0 Å². The molecule has 1 aromatic heterocycles. The first-order valence-corrected chi connectivity index (χ1v) is 16.5. The maximum atomic E-state index is 12.6. The van der Waals surface area contributed by atoms with Crippen molar-refractivity contribution >= 4 is 15.6 Å². The van der Waals surface area contributed by atoms with E-state index in [0.717, 1.165) is 12.3 Å². The van der Waals surface area contributed by atoms with Gasteiger partial charge in [0.25, 0.3) is 5.56 Å². The fourth-order valence-corrected chi connectivity index (χ4v) is 7.00. The average Bonchev–Trinajstić information content (AvgIpc) is 3.27. The molecule has 4 heterocycles. The van der Waals surface area contributed by atoms with Gasteiger partial charge in [0.15, 0.2) is 18.8 Å². The van der Waals surface area contributed by atoms with Gasteiger partial charge in [-0.2, -0.15) is 4.31 Å². The van der Waals surface area contributed by atoms with Gasteiger partial charge in [-0.05, 0) is 0 Å². The molecule has 0 aliphatic carbocycles. The van der Waals surface area contributed by atoms with Crippen molar-refractivity contribution in [3.63, 3.8) is 0 Å². The van der Waals surface area contributed by atoms with Crippen LogP contribution in [0.15, 0.2) is 21.9 Å². The molecule has 0 aromatic carbocycles. The highest BCUT2D eigenvalue weighted by Gasteiger charge is 2.53. The fraction of sp³-hybridized carbons (Fsp3) is 0.810. The lowest BCUT2D eigenvalue weighted by Crippen LogP contribution is -2.64. The van der Waals surface area contributed by atoms with Crippen LogP contribution in [0.4, 0.5) is 0 Å². The minimum Gasteiger partial charge on any atom is -0.394 e. The molecular weight excluding hydrogens is 694 g/mol. The maximum Gasteiger partial charge on any atom is 0.483 e. The molecule has 270 valence electrons. The van der Waals surface area contributed by atoms with Crippen molar-refractivity contribution in [1.82, 2.24) is 9.55 Å². The van der Waals surface area contributed by atoms with E-state index in [1.54, 1.807) is 0 Å². The van der Waals surface area contributed by atoms with E-state index >= 15 is 0 Å². The Morgan fingerprint density at radius 1 is 0.745 bits per heavy atom. The Bertz CT molecular complexity index is 1420. The zero-order valence-electron chi connectivity index (χ0n) is 23.6. The van der Waals surface area contributed by atoms with Gasteiger partial charge in [0.1, 0.15) is 67.1 Å². The molecule has 16 atom stereocenters. The zero-order chi connectivity index (χ0) is 35.0. The van der Waals surface area contributed by atoms with Crippen LogP contribution in [-0.4, -0.2) is 165 Å². The third kappa shape index (κ3) is 8.60. The first-order valence-electron chi connectivity index (χ1n) is 13.5. The summed E-state index contributed by atoms with van der Waals surface area (Å²) < 4.78 is 59.8. The summed E-state index contributed by atoms with van der Waals surface area (Å²) in [6, 6.07) is 0.907. The van der Waals surface area contributed by atoms with Crippen LogP contribution < -0.4 is 11.2 Å². The van der Waals surface area contributed by atoms with Crippen LogP contribution in [0.5, 0.6) is 0 Å². The van der Waals surface area contributed by atoms with Gasteiger partial charge in [-0.3, -0.25) is 23.4 Å². The molecule has 0 radical (unpaired) electrons. The van der Waals surface area contributed by atoms with Gasteiger partial charge >= 0.3 is 21.3 Å². The lowest BCUT2D eigenvalue weighted by atomic mass is 9.97. The summed E-state index contributed by atoms with van der Waals surface area (Å²) in [5.41, 5.74) is -1.81. The predicted molar refractivity (Wildman–Crippen MR) is 141 cm³/mol. The second kappa shape index (κ2) is 15.1. The van der Waals surface area contributed by atoms with Crippen molar-refractivity contribution in [2.75, 3.05) is 19.8 Å². The third-order valence-corrected chi connectivity index (χ3v) is 9.87. The summed E-state index contributed by atoms with van der Waals surface area (Å²) in [7, 11) is -11.4. The molecule has 1 aromatic rings. The molecule has 3 fully saturated rings. The van der Waals surface area contributed by atoms with Crippen LogP contribution in [0.3, 0.4) is 0 Å². The highest BCUT2D eigenvalue weighted by atomic mass is 31.3. The lowest BCUT2D eigenvalue weighted by molar-refractivity contribution is -0.353. The maximum absolute atomic E-state index is 12.6. The Morgan fingerprint density at radius 3 is 1.96 bits per heavy atom. The van der Waals surface area contributed by atoms with E-state index in [2.05, 4.69) is 13.4 Å². The summed E-state index contributed by atoms with van der Waals surface area (Å²) in [5, 5.41) is 90.6. The van der Waals surface area contributed by atoms with Crippen molar-refractivity contribution in [2.45, 2.75) is 86.0 Å². The normalized spacial score (nSPS) is 42.1. The number of nitrogens with one attached hydrogen (secondary N) is 1. The van der Waals surface area contributed by atoms with Gasteiger partial charge in [0.2, 0.25) is 0 Å². The quantitative estimate of drug-likeness (QED) is 0.0889. The Balaban J connectivity index is 1.36. The van der Waals surface area contributed by atoms with Crippen molar-refractivity contribution in [3.05, 3.63) is 33.1 Å². The van der Waals surface area contributed by atoms with Crippen LogP contribution in [-0.2, 0) is 41.4 Å². The zero-order valence-corrected chi connectivity index (χ0v) is 25.4. The van der Waals surface area contributed by atoms with Gasteiger partial charge in [-0.25, -0.2) is 13.9 Å². The highest BCUT2D eigenvalue weighted by molar-refractivity contribution is 7.61. The number of hydrogen-bond donors (Lipinski definition) is 12. The van der Waals surface area contributed by atoms with E-state index in [0.29, 0.717) is 4.57 Å². The van der Waals surface area contributed by atoms with Gasteiger partial charge in [-0.1, -0.05) is 0 Å². The number of aliphatic hydroxyl groups excluding tert-OH is 9. The number of rotatable bonds is 12. The summed E-state index contributed by atoms with van der Waals surface area (Å²) >= 11 is 0. The number of hydrogen-bond acceptors (Lipinski definition) is 20. The summed E-state index contributed by atoms with van der Waals surface area (Å²) in [4.78, 5) is 45.2. The molecule has 0 bridgehead atoms. The number of H-pyrrole nitrogens is 1. The summed E-state index contributed by atoms with van der Waals surface area (Å²) in [6.07, 6.45) is -25.3. The molecule has 4 rings (SSSR count). The van der Waals surface area contributed by atoms with Crippen LogP contribution >= 0.6 is 15.6 Å². The molecule has 47 heavy (non-hydrogen) atoms. The minimum absolute atomic E-state index is 0.698. The van der Waals surface area contributed by atoms with Crippen molar-refractivity contribution in [2.24, 2.45) is 0 Å². The van der Waals surface area contributed by atoms with E-state index < -0.39 is 133 Å². The number of phosphoric acid groups is 2. The molecule has 0 spiro atoms. The summed E-state index contributed by atoms with van der Waals surface area (Å²) in [6.45, 7) is -2.98. The first-order chi connectivity index (χ1) is 21.9. The number of nitrogens with zero attached hydrogens (tertiary/aromatic N) is 1. The predicted octanol–water partition coefficient (Wildman–Crippen LogP) is -6.97. The van der Waals surface area contributed by atoms with Gasteiger partial charge in [-0.15, -0.1) is 0 Å². The second-order valence-corrected chi connectivity index (χ2v) is 13.5. The fourth-order valence-electron chi connectivity index (χ4n) is 4.84. The van der Waals surface area contributed by atoms with E-state index in [-0.39, 0.29) is 0 Å². The number of aromatic amines is 1.